The lowest BCUT2D eigenvalue weighted by Crippen LogP contribution is -2.33. The maximum absolute atomic E-state index is 12.4. The topological polar surface area (TPSA) is 93.1 Å². The predicted octanol–water partition coefficient (Wildman–Crippen LogP) is 1.89. The molecular formula is C16H13F3N4O3S. The Kier molecular flexibility index (Phi) is 5.22. The molecule has 3 rings (SSSR count). The molecule has 0 saturated heterocycles. The molecule has 2 aromatic rings. The first kappa shape index (κ1) is 19.0. The van der Waals surface area contributed by atoms with Crippen LogP contribution < -0.4 is 16.2 Å². The van der Waals surface area contributed by atoms with E-state index in [4.69, 9.17) is 0 Å². The second-order valence-corrected chi connectivity index (χ2v) is 6.65. The van der Waals surface area contributed by atoms with Gasteiger partial charge in [0.15, 0.2) is 5.16 Å². The fraction of sp³-hybridized carbons (Fsp3) is 0.250. The van der Waals surface area contributed by atoms with Crippen molar-refractivity contribution in [3.8, 4) is 0 Å². The Morgan fingerprint density at radius 3 is 2.78 bits per heavy atom. The molecule has 0 saturated carbocycles. The summed E-state index contributed by atoms with van der Waals surface area (Å²) < 4.78 is 38.0. The lowest BCUT2D eigenvalue weighted by Gasteiger charge is -2.10. The Hall–Kier alpha value is -2.82. The molecule has 2 amide bonds. The zero-order valence-corrected chi connectivity index (χ0v) is 14.5. The summed E-state index contributed by atoms with van der Waals surface area (Å²) in [6.45, 7) is -1.00. The lowest BCUT2D eigenvalue weighted by atomic mass is 10.2. The van der Waals surface area contributed by atoms with Crippen LogP contribution in [0.15, 0.2) is 40.4 Å². The highest BCUT2D eigenvalue weighted by molar-refractivity contribution is 7.99. The average Bonchev–Trinajstić information content (AvgIpc) is 3.09. The summed E-state index contributed by atoms with van der Waals surface area (Å²) in [7, 11) is 0. The van der Waals surface area contributed by atoms with Crippen LogP contribution in [-0.2, 0) is 6.54 Å². The molecule has 2 N–H and O–H groups in total. The first-order valence-corrected chi connectivity index (χ1v) is 8.72. The molecule has 0 atom stereocenters. The smallest absolute Gasteiger partial charge is 0.343 e. The zero-order chi connectivity index (χ0) is 19.6. The van der Waals surface area contributed by atoms with Crippen LogP contribution in [0, 0.1) is 0 Å². The van der Waals surface area contributed by atoms with Gasteiger partial charge in [-0.1, -0.05) is 17.8 Å². The average molecular weight is 398 g/mol. The number of alkyl halides is 3. The van der Waals surface area contributed by atoms with Crippen LogP contribution in [0.4, 0.5) is 18.9 Å². The number of carbonyl (C=O) groups is 2. The van der Waals surface area contributed by atoms with Crippen molar-refractivity contribution in [1.82, 2.24) is 14.9 Å². The summed E-state index contributed by atoms with van der Waals surface area (Å²) in [4.78, 5) is 40.5. The summed E-state index contributed by atoms with van der Waals surface area (Å²) in [5, 5.41) is 4.74. The highest BCUT2D eigenvalue weighted by Gasteiger charge is 2.28. The van der Waals surface area contributed by atoms with Gasteiger partial charge in [0.1, 0.15) is 12.1 Å². The molecule has 0 fully saturated rings. The highest BCUT2D eigenvalue weighted by Crippen LogP contribution is 2.21. The molecule has 27 heavy (non-hydrogen) atoms. The molecule has 1 aliphatic rings. The van der Waals surface area contributed by atoms with Crippen molar-refractivity contribution in [1.29, 1.82) is 0 Å². The molecule has 0 unspecified atom stereocenters. The van der Waals surface area contributed by atoms with Gasteiger partial charge in [0.2, 0.25) is 0 Å². The minimum atomic E-state index is -4.53. The summed E-state index contributed by atoms with van der Waals surface area (Å²) in [5.74, 6) is -0.949. The van der Waals surface area contributed by atoms with Crippen LogP contribution in [0.5, 0.6) is 0 Å². The number of fused-ring (bicyclic) bond motifs is 1. The van der Waals surface area contributed by atoms with Gasteiger partial charge in [-0.15, -0.1) is 0 Å². The highest BCUT2D eigenvalue weighted by atomic mass is 32.2. The number of rotatable bonds is 4. The standard InChI is InChI=1S/C16H13F3N4O3S/c17-16(18,19)8-21-12(24)9-2-1-3-10(6-9)22-13(25)11-7-20-15-23(14(11)26)4-5-27-15/h1-3,6-7H,4-5,8H2,(H,21,24)(H,22,25). The van der Waals surface area contributed by atoms with Gasteiger partial charge >= 0.3 is 6.18 Å². The van der Waals surface area contributed by atoms with Crippen LogP contribution in [-0.4, -0.2) is 39.8 Å². The molecule has 11 heteroatoms. The third-order valence-electron chi connectivity index (χ3n) is 3.63. The number of hydrogen-bond donors (Lipinski definition) is 2. The van der Waals surface area contributed by atoms with Crippen molar-refractivity contribution in [2.45, 2.75) is 17.9 Å². The summed E-state index contributed by atoms with van der Waals surface area (Å²) in [6, 6.07) is 5.39. The van der Waals surface area contributed by atoms with E-state index < -0.39 is 30.1 Å². The number of amides is 2. The van der Waals surface area contributed by atoms with Crippen LogP contribution in [0.2, 0.25) is 0 Å². The molecule has 7 nitrogen and oxygen atoms in total. The van der Waals surface area contributed by atoms with Gasteiger partial charge in [-0.25, -0.2) is 4.98 Å². The van der Waals surface area contributed by atoms with Crippen molar-refractivity contribution in [3.63, 3.8) is 0 Å². The van der Waals surface area contributed by atoms with E-state index in [1.807, 2.05) is 0 Å². The maximum atomic E-state index is 12.4. The first-order valence-electron chi connectivity index (χ1n) is 7.73. The first-order chi connectivity index (χ1) is 12.7. The second-order valence-electron chi connectivity index (χ2n) is 5.59. The van der Waals surface area contributed by atoms with E-state index in [9.17, 15) is 27.6 Å². The van der Waals surface area contributed by atoms with Gasteiger partial charge in [-0.05, 0) is 18.2 Å². The van der Waals surface area contributed by atoms with Gasteiger partial charge in [0.25, 0.3) is 17.4 Å². The van der Waals surface area contributed by atoms with Crippen molar-refractivity contribution >= 4 is 29.3 Å². The third kappa shape index (κ3) is 4.48. The van der Waals surface area contributed by atoms with Gasteiger partial charge in [0, 0.05) is 29.7 Å². The summed E-state index contributed by atoms with van der Waals surface area (Å²) in [5.41, 5.74) is -0.522. The van der Waals surface area contributed by atoms with Gasteiger partial charge < -0.3 is 10.6 Å². The van der Waals surface area contributed by atoms with Crippen molar-refractivity contribution < 1.29 is 22.8 Å². The maximum Gasteiger partial charge on any atom is 0.405 e. The van der Waals surface area contributed by atoms with E-state index in [2.05, 4.69) is 10.3 Å². The number of benzene rings is 1. The van der Waals surface area contributed by atoms with Crippen LogP contribution in [0.3, 0.4) is 0 Å². The van der Waals surface area contributed by atoms with Crippen LogP contribution >= 0.6 is 11.8 Å². The number of carbonyl (C=O) groups excluding carboxylic acids is 2. The number of halogens is 3. The van der Waals surface area contributed by atoms with E-state index in [0.717, 1.165) is 0 Å². The molecule has 1 aromatic heterocycles. The summed E-state index contributed by atoms with van der Waals surface area (Å²) >= 11 is 1.41. The van der Waals surface area contributed by atoms with Crippen molar-refractivity contribution in [2.75, 3.05) is 17.6 Å². The van der Waals surface area contributed by atoms with Crippen LogP contribution in [0.1, 0.15) is 20.7 Å². The van der Waals surface area contributed by atoms with E-state index in [1.165, 1.54) is 46.8 Å². The van der Waals surface area contributed by atoms with Gasteiger partial charge in [0.05, 0.1) is 0 Å². The molecule has 0 bridgehead atoms. The normalized spacial score (nSPS) is 13.1. The van der Waals surface area contributed by atoms with Gasteiger partial charge in [-0.2, -0.15) is 13.2 Å². The molecule has 1 aliphatic heterocycles. The molecular weight excluding hydrogens is 385 g/mol. The van der Waals surface area contributed by atoms with Crippen molar-refractivity contribution in [2.24, 2.45) is 0 Å². The summed E-state index contributed by atoms with van der Waals surface area (Å²) in [6.07, 6.45) is -3.34. The molecule has 0 radical (unpaired) electrons. The largest absolute Gasteiger partial charge is 0.405 e. The number of anilines is 1. The molecule has 142 valence electrons. The SMILES string of the molecule is O=C(NCC(F)(F)F)c1cccc(NC(=O)c2cnc3n(c2=O)CCS3)c1. The Morgan fingerprint density at radius 1 is 1.26 bits per heavy atom. The quantitative estimate of drug-likeness (QED) is 0.768. The van der Waals surface area contributed by atoms with Crippen LogP contribution in [0.25, 0.3) is 0 Å². The minimum Gasteiger partial charge on any atom is -0.343 e. The number of aromatic nitrogens is 2. The monoisotopic (exact) mass is 398 g/mol. The Morgan fingerprint density at radius 2 is 2.04 bits per heavy atom. The number of nitrogens with zero attached hydrogens (tertiary/aromatic N) is 2. The fourth-order valence-electron chi connectivity index (χ4n) is 2.39. The molecule has 0 spiro atoms. The minimum absolute atomic E-state index is 0.0581. The van der Waals surface area contributed by atoms with E-state index in [0.29, 0.717) is 17.5 Å². The fourth-order valence-corrected chi connectivity index (χ4v) is 3.31. The number of hydrogen-bond acceptors (Lipinski definition) is 5. The molecule has 0 aliphatic carbocycles. The van der Waals surface area contributed by atoms with E-state index >= 15 is 0 Å². The Labute approximate surface area is 155 Å². The van der Waals surface area contributed by atoms with E-state index in [1.54, 1.807) is 5.32 Å². The van der Waals surface area contributed by atoms with Crippen molar-refractivity contribution in [3.05, 3.63) is 51.9 Å². The predicted molar refractivity (Wildman–Crippen MR) is 92.0 cm³/mol. The zero-order valence-electron chi connectivity index (χ0n) is 13.7. The lowest BCUT2D eigenvalue weighted by molar-refractivity contribution is -0.123. The molecule has 2 heterocycles. The second kappa shape index (κ2) is 7.43. The number of thioether (sulfide) groups is 1. The third-order valence-corrected chi connectivity index (χ3v) is 4.60. The Bertz CT molecular complexity index is 959. The Balaban J connectivity index is 1.74. The van der Waals surface area contributed by atoms with Gasteiger partial charge in [-0.3, -0.25) is 19.0 Å². The molecule has 1 aromatic carbocycles. The van der Waals surface area contributed by atoms with E-state index in [-0.39, 0.29) is 16.8 Å². The number of nitrogens with one attached hydrogen (secondary N) is 2.